The van der Waals surface area contributed by atoms with Crippen molar-refractivity contribution in [1.29, 1.82) is 0 Å². The highest BCUT2D eigenvalue weighted by Gasteiger charge is 2.09. The molecule has 0 aliphatic heterocycles. The van der Waals surface area contributed by atoms with Crippen LogP contribution in [0, 0.1) is 0 Å². The van der Waals surface area contributed by atoms with Crippen LogP contribution in [0.2, 0.25) is 0 Å². The van der Waals surface area contributed by atoms with Gasteiger partial charge in [-0.05, 0) is 24.6 Å². The molecule has 0 amide bonds. The van der Waals surface area contributed by atoms with Gasteiger partial charge in [-0.3, -0.25) is 0 Å². The average Bonchev–Trinajstić information content (AvgIpc) is 2.97. The maximum atomic E-state index is 5.82. The number of nitrogen functional groups attached to an aromatic ring is 1. The minimum Gasteiger partial charge on any atom is -0.482 e. The molecule has 23 heavy (non-hydrogen) atoms. The van der Waals surface area contributed by atoms with Crippen LogP contribution >= 0.6 is 0 Å². The van der Waals surface area contributed by atoms with Crippen molar-refractivity contribution >= 4 is 17.3 Å². The maximum absolute atomic E-state index is 5.82. The van der Waals surface area contributed by atoms with Gasteiger partial charge in [0.1, 0.15) is 12.3 Å². The van der Waals surface area contributed by atoms with Gasteiger partial charge in [-0.15, -0.1) is 0 Å². The number of hydrogen-bond acceptors (Lipinski definition) is 6. The Morgan fingerprint density at radius 1 is 1.35 bits per heavy atom. The molecule has 0 radical (unpaired) electrons. The van der Waals surface area contributed by atoms with E-state index in [1.54, 1.807) is 6.20 Å². The number of aromatic nitrogens is 4. The van der Waals surface area contributed by atoms with Crippen molar-refractivity contribution in [2.45, 2.75) is 26.4 Å². The second-order valence-electron chi connectivity index (χ2n) is 5.22. The third-order valence-corrected chi connectivity index (χ3v) is 3.39. The van der Waals surface area contributed by atoms with Gasteiger partial charge in [0.25, 0.3) is 0 Å². The number of nitrogens with one attached hydrogen (secondary N) is 1. The number of ether oxygens (including phenoxy) is 1. The molecule has 120 valence electrons. The number of nitrogens with two attached hydrogens (primary N) is 1. The number of anilines is 2. The van der Waals surface area contributed by atoms with Crippen molar-refractivity contribution in [3.63, 3.8) is 0 Å². The molecule has 0 aromatic carbocycles. The van der Waals surface area contributed by atoms with E-state index in [1.165, 1.54) is 0 Å². The molecule has 0 aliphatic rings. The summed E-state index contributed by atoms with van der Waals surface area (Å²) in [5, 5.41) is 7.69. The monoisotopic (exact) mass is 312 g/mol. The fourth-order valence-corrected chi connectivity index (χ4v) is 2.21. The Morgan fingerprint density at radius 2 is 2.26 bits per heavy atom. The van der Waals surface area contributed by atoms with E-state index in [-0.39, 0.29) is 5.95 Å². The van der Waals surface area contributed by atoms with E-state index in [2.05, 4.69) is 27.3 Å². The summed E-state index contributed by atoms with van der Waals surface area (Å²) in [6.45, 7) is 3.30. The van der Waals surface area contributed by atoms with Gasteiger partial charge in [0.05, 0.1) is 11.7 Å². The third-order valence-electron chi connectivity index (χ3n) is 3.39. The SMILES string of the molecule is CCCCNc1nc(N)ncc1OCc1cc2ccccn2n1. The van der Waals surface area contributed by atoms with Crippen molar-refractivity contribution in [3.8, 4) is 5.75 Å². The largest absolute Gasteiger partial charge is 0.482 e. The van der Waals surface area contributed by atoms with Crippen LogP contribution in [0.5, 0.6) is 5.75 Å². The van der Waals surface area contributed by atoms with E-state index < -0.39 is 0 Å². The first kappa shape index (κ1) is 15.1. The maximum Gasteiger partial charge on any atom is 0.222 e. The summed E-state index contributed by atoms with van der Waals surface area (Å²) < 4.78 is 7.64. The molecule has 0 bridgehead atoms. The van der Waals surface area contributed by atoms with Gasteiger partial charge in [0.2, 0.25) is 5.95 Å². The second kappa shape index (κ2) is 6.95. The van der Waals surface area contributed by atoms with Crippen molar-refractivity contribution in [2.75, 3.05) is 17.6 Å². The first-order valence-corrected chi connectivity index (χ1v) is 7.68. The molecular weight excluding hydrogens is 292 g/mol. The number of fused-ring (bicyclic) bond motifs is 1. The smallest absolute Gasteiger partial charge is 0.222 e. The minimum atomic E-state index is 0.226. The lowest BCUT2D eigenvalue weighted by Gasteiger charge is -2.11. The molecule has 0 saturated carbocycles. The predicted octanol–water partition coefficient (Wildman–Crippen LogP) is 2.50. The molecule has 3 aromatic rings. The van der Waals surface area contributed by atoms with E-state index in [0.717, 1.165) is 30.6 Å². The Hall–Kier alpha value is -2.83. The van der Waals surface area contributed by atoms with Gasteiger partial charge in [-0.2, -0.15) is 10.1 Å². The van der Waals surface area contributed by atoms with Crippen LogP contribution in [0.4, 0.5) is 11.8 Å². The number of pyridine rings is 1. The summed E-state index contributed by atoms with van der Waals surface area (Å²) >= 11 is 0. The Morgan fingerprint density at radius 3 is 3.09 bits per heavy atom. The lowest BCUT2D eigenvalue weighted by molar-refractivity contribution is 0.300. The first-order chi connectivity index (χ1) is 11.3. The molecule has 3 heterocycles. The number of nitrogens with zero attached hydrogens (tertiary/aromatic N) is 4. The molecule has 0 fully saturated rings. The van der Waals surface area contributed by atoms with Crippen molar-refractivity contribution in [3.05, 3.63) is 42.4 Å². The molecule has 0 spiro atoms. The quantitative estimate of drug-likeness (QED) is 0.651. The fraction of sp³-hybridized carbons (Fsp3) is 0.312. The average molecular weight is 312 g/mol. The van der Waals surface area contributed by atoms with Crippen molar-refractivity contribution in [1.82, 2.24) is 19.6 Å². The summed E-state index contributed by atoms with van der Waals surface area (Å²) in [5.41, 5.74) is 7.53. The predicted molar refractivity (Wildman–Crippen MR) is 89.4 cm³/mol. The molecule has 0 saturated heterocycles. The number of unbranched alkanes of at least 4 members (excludes halogenated alkanes) is 1. The summed E-state index contributed by atoms with van der Waals surface area (Å²) in [4.78, 5) is 8.20. The summed E-state index contributed by atoms with van der Waals surface area (Å²) in [6.07, 6.45) is 5.65. The van der Waals surface area contributed by atoms with Gasteiger partial charge >= 0.3 is 0 Å². The van der Waals surface area contributed by atoms with Crippen LogP contribution in [0.25, 0.3) is 5.52 Å². The first-order valence-electron chi connectivity index (χ1n) is 7.68. The van der Waals surface area contributed by atoms with Crippen molar-refractivity contribution in [2.24, 2.45) is 0 Å². The zero-order valence-electron chi connectivity index (χ0n) is 13.1. The van der Waals surface area contributed by atoms with Crippen LogP contribution in [0.3, 0.4) is 0 Å². The Labute approximate surface area is 134 Å². The highest BCUT2D eigenvalue weighted by atomic mass is 16.5. The highest BCUT2D eigenvalue weighted by Crippen LogP contribution is 2.22. The van der Waals surface area contributed by atoms with E-state index in [1.807, 2.05) is 35.0 Å². The zero-order valence-corrected chi connectivity index (χ0v) is 13.1. The van der Waals surface area contributed by atoms with E-state index >= 15 is 0 Å². The zero-order chi connectivity index (χ0) is 16.1. The normalized spacial score (nSPS) is 10.8. The molecule has 7 nitrogen and oxygen atoms in total. The highest BCUT2D eigenvalue weighted by molar-refractivity contribution is 5.51. The molecule has 3 aromatic heterocycles. The summed E-state index contributed by atoms with van der Waals surface area (Å²) in [5.74, 6) is 1.42. The van der Waals surface area contributed by atoms with Crippen LogP contribution in [-0.4, -0.2) is 26.1 Å². The van der Waals surface area contributed by atoms with Gasteiger partial charge in [-0.25, -0.2) is 9.50 Å². The molecule has 0 aliphatic carbocycles. The van der Waals surface area contributed by atoms with Crippen molar-refractivity contribution < 1.29 is 4.74 Å². The molecule has 3 N–H and O–H groups in total. The second-order valence-corrected chi connectivity index (χ2v) is 5.22. The van der Waals surface area contributed by atoms with Gasteiger partial charge < -0.3 is 15.8 Å². The lowest BCUT2D eigenvalue weighted by Crippen LogP contribution is -2.08. The topological polar surface area (TPSA) is 90.4 Å². The third kappa shape index (κ3) is 3.68. The molecule has 0 unspecified atom stereocenters. The molecule has 3 rings (SSSR count). The van der Waals surface area contributed by atoms with Crippen LogP contribution in [-0.2, 0) is 6.61 Å². The van der Waals surface area contributed by atoms with Crippen LogP contribution < -0.4 is 15.8 Å². The summed E-state index contributed by atoms with van der Waals surface area (Å²) in [7, 11) is 0. The van der Waals surface area contributed by atoms with E-state index in [0.29, 0.717) is 18.2 Å². The Balaban J connectivity index is 1.71. The van der Waals surface area contributed by atoms with Crippen LogP contribution in [0.15, 0.2) is 36.7 Å². The standard InChI is InChI=1S/C16H20N6O/c1-2-3-7-18-15-14(10-19-16(17)20-15)23-11-12-9-13-6-4-5-8-22(13)21-12/h4-6,8-10H,2-3,7,11H2,1H3,(H3,17,18,19,20). The fourth-order valence-electron chi connectivity index (χ4n) is 2.21. The van der Waals surface area contributed by atoms with E-state index in [4.69, 9.17) is 10.5 Å². The van der Waals surface area contributed by atoms with E-state index in [9.17, 15) is 0 Å². The molecular formula is C16H20N6O. The van der Waals surface area contributed by atoms with Gasteiger partial charge in [-0.1, -0.05) is 19.4 Å². The lowest BCUT2D eigenvalue weighted by atomic mass is 10.3. The Bertz CT molecular complexity index is 752. The van der Waals surface area contributed by atoms with Gasteiger partial charge in [0, 0.05) is 12.7 Å². The van der Waals surface area contributed by atoms with Gasteiger partial charge in [0.15, 0.2) is 11.6 Å². The molecule has 0 atom stereocenters. The Kier molecular flexibility index (Phi) is 4.56. The summed E-state index contributed by atoms with van der Waals surface area (Å²) in [6, 6.07) is 7.91. The molecule has 7 heteroatoms. The minimum absolute atomic E-state index is 0.226. The van der Waals surface area contributed by atoms with Crippen LogP contribution in [0.1, 0.15) is 25.5 Å². The number of rotatable bonds is 7. The number of hydrogen-bond donors (Lipinski definition) is 2.